The first kappa shape index (κ1) is 23.1. The monoisotopic (exact) mass is 490 g/mol. The minimum absolute atomic E-state index is 0.00256. The summed E-state index contributed by atoms with van der Waals surface area (Å²) in [4.78, 5) is 35.3. The summed E-state index contributed by atoms with van der Waals surface area (Å²) in [5.74, 6) is 0.912. The Balaban J connectivity index is 1.42. The van der Waals surface area contributed by atoms with Crippen molar-refractivity contribution in [2.45, 2.75) is 32.6 Å². The molecule has 0 atom stereocenters. The van der Waals surface area contributed by atoms with E-state index in [-0.39, 0.29) is 17.7 Å². The SMILES string of the molecule is CC(=O)N1CCC(C(=O)Nc2ccc3cc2CCc2cccc(c2)Nc2ncc(Cl)c(n2)N3)CC1. The van der Waals surface area contributed by atoms with Gasteiger partial charge in [-0.2, -0.15) is 4.98 Å². The Morgan fingerprint density at radius 2 is 1.86 bits per heavy atom. The van der Waals surface area contributed by atoms with Crippen LogP contribution in [0.25, 0.3) is 0 Å². The minimum Gasteiger partial charge on any atom is -0.343 e. The normalized spacial score (nSPS) is 15.5. The number of carbonyl (C=O) groups is 2. The maximum absolute atomic E-state index is 13.1. The molecule has 6 bridgehead atoms. The summed E-state index contributed by atoms with van der Waals surface area (Å²) in [7, 11) is 0. The summed E-state index contributed by atoms with van der Waals surface area (Å²) < 4.78 is 0. The summed E-state index contributed by atoms with van der Waals surface area (Å²) in [5.41, 5.74) is 4.70. The molecule has 9 heteroatoms. The molecule has 0 spiro atoms. The first-order chi connectivity index (χ1) is 16.9. The van der Waals surface area contributed by atoms with Crippen LogP contribution < -0.4 is 16.0 Å². The molecule has 1 aromatic heterocycles. The van der Waals surface area contributed by atoms with Gasteiger partial charge in [-0.15, -0.1) is 0 Å². The van der Waals surface area contributed by atoms with E-state index < -0.39 is 0 Å². The molecule has 5 rings (SSSR count). The van der Waals surface area contributed by atoms with Crippen molar-refractivity contribution in [2.75, 3.05) is 29.0 Å². The molecule has 180 valence electrons. The van der Waals surface area contributed by atoms with Crippen molar-refractivity contribution < 1.29 is 9.59 Å². The van der Waals surface area contributed by atoms with Gasteiger partial charge in [0.2, 0.25) is 17.8 Å². The number of hydrogen-bond donors (Lipinski definition) is 3. The molecule has 1 fully saturated rings. The van der Waals surface area contributed by atoms with Gasteiger partial charge in [0.05, 0.1) is 6.20 Å². The third-order valence-corrected chi connectivity index (χ3v) is 6.82. The lowest BCUT2D eigenvalue weighted by molar-refractivity contribution is -0.132. The number of hydrogen-bond acceptors (Lipinski definition) is 6. The van der Waals surface area contributed by atoms with E-state index in [0.717, 1.165) is 41.0 Å². The maximum atomic E-state index is 13.1. The third-order valence-electron chi connectivity index (χ3n) is 6.55. The average Bonchev–Trinajstić information content (AvgIpc) is 2.86. The van der Waals surface area contributed by atoms with E-state index in [1.54, 1.807) is 18.0 Å². The van der Waals surface area contributed by atoms with Gasteiger partial charge in [-0.1, -0.05) is 23.7 Å². The highest BCUT2D eigenvalue weighted by Gasteiger charge is 2.26. The standard InChI is InChI=1S/C26H27ClN6O2/c1-16(34)33-11-9-18(10-12-33)25(35)31-23-8-7-21-14-19(23)6-5-17-3-2-4-20(13-17)30-26-28-15-22(27)24(29-21)32-26/h2-4,7-8,13-15,18H,5-6,9-12H2,1H3,(H,31,35)(H2,28,29,30,32). The highest BCUT2D eigenvalue weighted by Crippen LogP contribution is 2.30. The van der Waals surface area contributed by atoms with Crippen LogP contribution in [0.1, 0.15) is 30.9 Å². The molecule has 0 radical (unpaired) electrons. The highest BCUT2D eigenvalue weighted by molar-refractivity contribution is 6.32. The number of rotatable bonds is 2. The number of benzene rings is 2. The Morgan fingerprint density at radius 1 is 1.06 bits per heavy atom. The van der Waals surface area contributed by atoms with Crippen LogP contribution in [-0.4, -0.2) is 39.8 Å². The molecule has 3 heterocycles. The summed E-state index contributed by atoms with van der Waals surface area (Å²) >= 11 is 6.35. The predicted molar refractivity (Wildman–Crippen MR) is 138 cm³/mol. The number of amides is 2. The molecule has 0 unspecified atom stereocenters. The molecule has 2 aliphatic heterocycles. The molecule has 3 N–H and O–H groups in total. The maximum Gasteiger partial charge on any atom is 0.229 e. The first-order valence-corrected chi connectivity index (χ1v) is 12.2. The first-order valence-electron chi connectivity index (χ1n) is 11.8. The Bertz CT molecular complexity index is 1270. The molecule has 0 aliphatic carbocycles. The number of anilines is 5. The van der Waals surface area contributed by atoms with Crippen molar-refractivity contribution in [3.63, 3.8) is 0 Å². The van der Waals surface area contributed by atoms with Gasteiger partial charge in [0.15, 0.2) is 5.82 Å². The number of fused-ring (bicyclic) bond motifs is 6. The number of likely N-dealkylation sites (tertiary alicyclic amines) is 1. The van der Waals surface area contributed by atoms with Crippen LogP contribution in [0.5, 0.6) is 0 Å². The topological polar surface area (TPSA) is 99.3 Å². The molecular weight excluding hydrogens is 464 g/mol. The van der Waals surface area contributed by atoms with Gasteiger partial charge in [0, 0.05) is 43.0 Å². The minimum atomic E-state index is -0.105. The van der Waals surface area contributed by atoms with Crippen LogP contribution in [-0.2, 0) is 22.4 Å². The van der Waals surface area contributed by atoms with Crippen LogP contribution in [0, 0.1) is 5.92 Å². The molecule has 8 nitrogen and oxygen atoms in total. The van der Waals surface area contributed by atoms with Gasteiger partial charge in [-0.25, -0.2) is 4.98 Å². The Kier molecular flexibility index (Phi) is 6.55. The predicted octanol–water partition coefficient (Wildman–Crippen LogP) is 4.91. The zero-order valence-electron chi connectivity index (χ0n) is 19.5. The molecule has 35 heavy (non-hydrogen) atoms. The quantitative estimate of drug-likeness (QED) is 0.472. The number of carbonyl (C=O) groups excluding carboxylic acids is 2. The van der Waals surface area contributed by atoms with E-state index in [9.17, 15) is 9.59 Å². The largest absolute Gasteiger partial charge is 0.343 e. The number of aromatic nitrogens is 2. The molecule has 3 aromatic rings. The van der Waals surface area contributed by atoms with Crippen LogP contribution in [0.2, 0.25) is 5.02 Å². The van der Waals surface area contributed by atoms with E-state index in [2.05, 4.69) is 38.1 Å². The second kappa shape index (κ2) is 9.92. The number of halogens is 1. The molecule has 1 saturated heterocycles. The summed E-state index contributed by atoms with van der Waals surface area (Å²) in [6.07, 6.45) is 4.46. The lowest BCUT2D eigenvalue weighted by Crippen LogP contribution is -2.40. The van der Waals surface area contributed by atoms with E-state index >= 15 is 0 Å². The molecule has 2 aliphatic rings. The lowest BCUT2D eigenvalue weighted by atomic mass is 9.95. The zero-order valence-corrected chi connectivity index (χ0v) is 20.2. The van der Waals surface area contributed by atoms with Crippen LogP contribution in [0.4, 0.5) is 28.8 Å². The van der Waals surface area contributed by atoms with Gasteiger partial charge in [0.25, 0.3) is 0 Å². The van der Waals surface area contributed by atoms with Gasteiger partial charge in [-0.3, -0.25) is 9.59 Å². The number of piperidine rings is 1. The fraction of sp³-hybridized carbons (Fsp3) is 0.308. The highest BCUT2D eigenvalue weighted by atomic mass is 35.5. The molecule has 2 aromatic carbocycles. The van der Waals surface area contributed by atoms with Crippen molar-refractivity contribution in [3.8, 4) is 0 Å². The van der Waals surface area contributed by atoms with Gasteiger partial charge in [-0.05, 0) is 67.1 Å². The van der Waals surface area contributed by atoms with E-state index in [4.69, 9.17) is 11.6 Å². The van der Waals surface area contributed by atoms with Crippen molar-refractivity contribution in [1.29, 1.82) is 0 Å². The van der Waals surface area contributed by atoms with E-state index in [1.165, 1.54) is 0 Å². The van der Waals surface area contributed by atoms with E-state index in [1.807, 2.05) is 30.3 Å². The van der Waals surface area contributed by atoms with Crippen LogP contribution in [0.15, 0.2) is 48.7 Å². The zero-order chi connectivity index (χ0) is 24.4. The Hall–Kier alpha value is -3.65. The third kappa shape index (κ3) is 5.38. The van der Waals surface area contributed by atoms with Crippen molar-refractivity contribution in [2.24, 2.45) is 5.92 Å². The Morgan fingerprint density at radius 3 is 2.66 bits per heavy atom. The van der Waals surface area contributed by atoms with Gasteiger partial charge < -0.3 is 20.9 Å². The lowest BCUT2D eigenvalue weighted by Gasteiger charge is -2.30. The second-order valence-electron chi connectivity index (χ2n) is 8.98. The van der Waals surface area contributed by atoms with Crippen LogP contribution in [0.3, 0.4) is 0 Å². The second-order valence-corrected chi connectivity index (χ2v) is 9.39. The fourth-order valence-corrected chi connectivity index (χ4v) is 4.69. The fourth-order valence-electron chi connectivity index (χ4n) is 4.56. The number of nitrogens with zero attached hydrogens (tertiary/aromatic N) is 3. The van der Waals surface area contributed by atoms with Crippen molar-refractivity contribution in [3.05, 3.63) is 64.8 Å². The summed E-state index contributed by atoms with van der Waals surface area (Å²) in [5, 5.41) is 10.1. The smallest absolute Gasteiger partial charge is 0.229 e. The van der Waals surface area contributed by atoms with Crippen molar-refractivity contribution >= 4 is 52.2 Å². The number of aryl methyl sites for hydroxylation is 2. The van der Waals surface area contributed by atoms with Gasteiger partial charge >= 0.3 is 0 Å². The molecule has 0 saturated carbocycles. The number of nitrogens with one attached hydrogen (secondary N) is 3. The van der Waals surface area contributed by atoms with E-state index in [0.29, 0.717) is 42.7 Å². The summed E-state index contributed by atoms with van der Waals surface area (Å²) in [6, 6.07) is 14.0. The molecule has 2 amide bonds. The van der Waals surface area contributed by atoms with Crippen LogP contribution >= 0.6 is 11.6 Å². The van der Waals surface area contributed by atoms with Crippen molar-refractivity contribution in [1.82, 2.24) is 14.9 Å². The average molecular weight is 491 g/mol. The Labute approximate surface area is 209 Å². The van der Waals surface area contributed by atoms with Gasteiger partial charge in [0.1, 0.15) is 5.02 Å². The summed E-state index contributed by atoms with van der Waals surface area (Å²) in [6.45, 7) is 2.81. The molecular formula is C26H27ClN6O2.